The third-order valence-electron chi connectivity index (χ3n) is 7.93. The van der Waals surface area contributed by atoms with Gasteiger partial charge in [0.25, 0.3) is 0 Å². The predicted octanol–water partition coefficient (Wildman–Crippen LogP) is 6.76. The molecular weight excluding hydrogens is 356 g/mol. The van der Waals surface area contributed by atoms with Crippen LogP contribution < -0.4 is 4.74 Å². The van der Waals surface area contributed by atoms with Gasteiger partial charge in [-0.3, -0.25) is 0 Å². The molecule has 3 aliphatic rings. The minimum atomic E-state index is 0.487. The van der Waals surface area contributed by atoms with Crippen molar-refractivity contribution >= 4 is 0 Å². The molecule has 2 saturated carbocycles. The highest BCUT2D eigenvalue weighted by atomic mass is 16.5. The van der Waals surface area contributed by atoms with E-state index in [-0.39, 0.29) is 0 Å². The molecule has 29 heavy (non-hydrogen) atoms. The number of hydrogen-bond donors (Lipinski definition) is 0. The van der Waals surface area contributed by atoms with Gasteiger partial charge in [0.2, 0.25) is 0 Å². The van der Waals surface area contributed by atoms with E-state index in [4.69, 9.17) is 9.47 Å². The molecule has 2 nitrogen and oxygen atoms in total. The van der Waals surface area contributed by atoms with Gasteiger partial charge < -0.3 is 9.47 Å². The van der Waals surface area contributed by atoms with Gasteiger partial charge in [0.1, 0.15) is 5.75 Å². The van der Waals surface area contributed by atoms with Gasteiger partial charge in [-0.2, -0.15) is 0 Å². The van der Waals surface area contributed by atoms with E-state index in [1.54, 1.807) is 11.1 Å². The van der Waals surface area contributed by atoms with Crippen LogP contribution in [0, 0.1) is 23.7 Å². The molecule has 160 valence electrons. The van der Waals surface area contributed by atoms with Crippen LogP contribution in [-0.2, 0) is 17.6 Å². The highest BCUT2D eigenvalue weighted by Crippen LogP contribution is 2.47. The third-order valence-corrected chi connectivity index (χ3v) is 7.93. The molecule has 4 rings (SSSR count). The molecule has 3 aliphatic carbocycles. The van der Waals surface area contributed by atoms with E-state index in [9.17, 15) is 0 Å². The Morgan fingerprint density at radius 2 is 1.76 bits per heavy atom. The zero-order chi connectivity index (χ0) is 20.1. The summed E-state index contributed by atoms with van der Waals surface area (Å²) >= 11 is 0. The van der Waals surface area contributed by atoms with Gasteiger partial charge in [-0.25, -0.2) is 0 Å². The smallest absolute Gasteiger partial charge is 0.119 e. The Kier molecular flexibility index (Phi) is 7.34. The second-order valence-corrected chi connectivity index (χ2v) is 9.79. The highest BCUT2D eigenvalue weighted by Gasteiger charge is 2.38. The van der Waals surface area contributed by atoms with Gasteiger partial charge in [-0.1, -0.05) is 25.5 Å². The Labute approximate surface area is 178 Å². The number of aryl methyl sites for hydroxylation is 1. The number of ether oxygens (including phenoxy) is 2. The molecule has 1 aromatic rings. The van der Waals surface area contributed by atoms with Crippen molar-refractivity contribution in [3.8, 4) is 5.75 Å². The molecule has 0 amide bonds. The van der Waals surface area contributed by atoms with Crippen LogP contribution in [0.15, 0.2) is 30.9 Å². The first-order chi connectivity index (χ1) is 14.3. The van der Waals surface area contributed by atoms with E-state index >= 15 is 0 Å². The van der Waals surface area contributed by atoms with E-state index in [2.05, 4.69) is 31.7 Å². The highest BCUT2D eigenvalue weighted by molar-refractivity contribution is 5.37. The third kappa shape index (κ3) is 5.26. The molecular formula is C27H40O2. The number of hydrogen-bond acceptors (Lipinski definition) is 2. The molecule has 0 spiro atoms. The minimum Gasteiger partial charge on any atom is -0.494 e. The average Bonchev–Trinajstić information content (AvgIpc) is 2.77. The molecule has 2 heteroatoms. The van der Waals surface area contributed by atoms with Crippen LogP contribution in [0.2, 0.25) is 0 Å². The Bertz CT molecular complexity index is 667. The van der Waals surface area contributed by atoms with Crippen molar-refractivity contribution in [3.05, 3.63) is 42.0 Å². The zero-order valence-electron chi connectivity index (χ0n) is 18.4. The Hall–Kier alpha value is -1.28. The lowest BCUT2D eigenvalue weighted by molar-refractivity contribution is -0.0137. The van der Waals surface area contributed by atoms with Gasteiger partial charge in [0, 0.05) is 0 Å². The molecule has 0 aliphatic heterocycles. The maximum Gasteiger partial charge on any atom is 0.119 e. The zero-order valence-corrected chi connectivity index (χ0v) is 18.4. The van der Waals surface area contributed by atoms with Gasteiger partial charge in [-0.05, 0) is 111 Å². The largest absolute Gasteiger partial charge is 0.494 e. The number of fused-ring (bicyclic) bond motifs is 2. The standard InChI is InChI=1S/C27H40O2/c1-3-5-15-29-27-13-11-23-17-21(7-9-25(23)19-27)20-6-8-24-18-26(28-14-4-2)12-10-22(24)16-20/h4,11,13,19-22,24,26H,2-3,5-10,12,14-18H2,1H3. The number of unbranched alkanes of at least 4 members (excludes halogenated alkanes) is 1. The maximum atomic E-state index is 5.98. The Balaban J connectivity index is 1.30. The van der Waals surface area contributed by atoms with Crippen LogP contribution in [0.1, 0.15) is 75.8 Å². The van der Waals surface area contributed by atoms with Gasteiger partial charge in [0.15, 0.2) is 0 Å². The summed E-state index contributed by atoms with van der Waals surface area (Å²) in [5.74, 6) is 4.77. The van der Waals surface area contributed by atoms with E-state index in [0.29, 0.717) is 6.10 Å². The van der Waals surface area contributed by atoms with Crippen molar-refractivity contribution in [2.24, 2.45) is 23.7 Å². The maximum absolute atomic E-state index is 5.98. The molecule has 0 N–H and O–H groups in total. The molecule has 0 aromatic heterocycles. The summed E-state index contributed by atoms with van der Waals surface area (Å²) in [7, 11) is 0. The van der Waals surface area contributed by atoms with Crippen LogP contribution in [0.25, 0.3) is 0 Å². The lowest BCUT2D eigenvalue weighted by Gasteiger charge is -2.44. The van der Waals surface area contributed by atoms with E-state index in [1.807, 2.05) is 6.08 Å². The molecule has 0 radical (unpaired) electrons. The van der Waals surface area contributed by atoms with Gasteiger partial charge >= 0.3 is 0 Å². The first-order valence-electron chi connectivity index (χ1n) is 12.2. The Morgan fingerprint density at radius 1 is 0.966 bits per heavy atom. The van der Waals surface area contributed by atoms with Crippen molar-refractivity contribution in [2.75, 3.05) is 13.2 Å². The summed E-state index contributed by atoms with van der Waals surface area (Å²) in [5.41, 5.74) is 3.14. The SMILES string of the molecule is C=CCOC1CCC2CC(C3CCc4cc(OCCCC)ccc4C3)CCC2C1. The lowest BCUT2D eigenvalue weighted by atomic mass is 9.62. The Morgan fingerprint density at radius 3 is 2.59 bits per heavy atom. The first-order valence-corrected chi connectivity index (χ1v) is 12.2. The van der Waals surface area contributed by atoms with Crippen molar-refractivity contribution in [1.82, 2.24) is 0 Å². The van der Waals surface area contributed by atoms with Gasteiger partial charge in [-0.15, -0.1) is 6.58 Å². The van der Waals surface area contributed by atoms with Crippen molar-refractivity contribution in [2.45, 2.75) is 83.7 Å². The first kappa shape index (κ1) is 21.0. The van der Waals surface area contributed by atoms with E-state index in [0.717, 1.165) is 49.1 Å². The fourth-order valence-electron chi connectivity index (χ4n) is 6.25. The minimum absolute atomic E-state index is 0.487. The molecule has 2 fully saturated rings. The number of benzene rings is 1. The number of rotatable bonds is 8. The lowest BCUT2D eigenvalue weighted by Crippen LogP contribution is -2.37. The molecule has 5 atom stereocenters. The predicted molar refractivity (Wildman–Crippen MR) is 120 cm³/mol. The van der Waals surface area contributed by atoms with Crippen LogP contribution in [0.4, 0.5) is 0 Å². The summed E-state index contributed by atoms with van der Waals surface area (Å²) in [5, 5.41) is 0. The van der Waals surface area contributed by atoms with E-state index < -0.39 is 0 Å². The summed E-state index contributed by atoms with van der Waals surface area (Å²) in [6.07, 6.45) is 16.9. The monoisotopic (exact) mass is 396 g/mol. The van der Waals surface area contributed by atoms with Crippen molar-refractivity contribution in [3.63, 3.8) is 0 Å². The summed E-state index contributed by atoms with van der Waals surface area (Å²) in [4.78, 5) is 0. The second kappa shape index (κ2) is 10.2. The summed E-state index contributed by atoms with van der Waals surface area (Å²) in [6, 6.07) is 6.89. The second-order valence-electron chi connectivity index (χ2n) is 9.79. The van der Waals surface area contributed by atoms with Gasteiger partial charge in [0.05, 0.1) is 19.3 Å². The average molecular weight is 397 g/mol. The molecule has 1 aromatic carbocycles. The fourth-order valence-corrected chi connectivity index (χ4v) is 6.25. The molecule has 5 unspecified atom stereocenters. The van der Waals surface area contributed by atoms with Crippen molar-refractivity contribution < 1.29 is 9.47 Å². The summed E-state index contributed by atoms with van der Waals surface area (Å²) in [6.45, 7) is 7.58. The van der Waals surface area contributed by atoms with E-state index in [1.165, 1.54) is 64.2 Å². The van der Waals surface area contributed by atoms with Crippen LogP contribution in [0.3, 0.4) is 0 Å². The quantitative estimate of drug-likeness (QED) is 0.357. The molecule has 0 bridgehead atoms. The summed E-state index contributed by atoms with van der Waals surface area (Å²) < 4.78 is 11.9. The fraction of sp³-hybridized carbons (Fsp3) is 0.704. The molecule has 0 heterocycles. The molecule has 0 saturated heterocycles. The van der Waals surface area contributed by atoms with Crippen LogP contribution >= 0.6 is 0 Å². The topological polar surface area (TPSA) is 18.5 Å². The van der Waals surface area contributed by atoms with Crippen LogP contribution in [-0.4, -0.2) is 19.3 Å². The van der Waals surface area contributed by atoms with Crippen LogP contribution in [0.5, 0.6) is 5.75 Å². The van der Waals surface area contributed by atoms with Crippen molar-refractivity contribution in [1.29, 1.82) is 0 Å². The normalized spacial score (nSPS) is 31.6.